The lowest BCUT2D eigenvalue weighted by atomic mass is 9.88. The maximum atomic E-state index is 12.6. The summed E-state index contributed by atoms with van der Waals surface area (Å²) in [5.41, 5.74) is -0.580. The molecule has 10 atom stereocenters. The van der Waals surface area contributed by atoms with E-state index in [1.807, 2.05) is 39.8 Å². The molecule has 2 aliphatic heterocycles. The van der Waals surface area contributed by atoms with E-state index in [1.165, 1.54) is 6.92 Å². The van der Waals surface area contributed by atoms with Crippen molar-refractivity contribution < 1.29 is 39.1 Å². The number of hydrogen-bond donors (Lipinski definition) is 3. The van der Waals surface area contributed by atoms with E-state index < -0.39 is 35.9 Å². The Bertz CT molecular complexity index is 875. The lowest BCUT2D eigenvalue weighted by Gasteiger charge is -2.32. The van der Waals surface area contributed by atoms with Crippen LogP contribution in [0.5, 0.6) is 0 Å². The number of carbonyl (C=O) groups is 2. The van der Waals surface area contributed by atoms with Crippen molar-refractivity contribution in [3.05, 3.63) is 36.0 Å². The minimum atomic E-state index is -1.40. The van der Waals surface area contributed by atoms with Gasteiger partial charge in [0.25, 0.3) is 0 Å². The molecule has 2 rings (SSSR count). The van der Waals surface area contributed by atoms with Crippen LogP contribution in [-0.4, -0.2) is 69.5 Å². The molecule has 2 heterocycles. The lowest BCUT2D eigenvalue weighted by molar-refractivity contribution is -0.157. The highest BCUT2D eigenvalue weighted by molar-refractivity contribution is 5.70. The number of allylic oxidation sites excluding steroid dienone is 3. The van der Waals surface area contributed by atoms with Gasteiger partial charge in [-0.25, -0.2) is 0 Å². The predicted octanol–water partition coefficient (Wildman–Crippen LogP) is 4.02. The van der Waals surface area contributed by atoms with Crippen LogP contribution < -0.4 is 0 Å². The Labute approximate surface area is 227 Å². The van der Waals surface area contributed by atoms with Gasteiger partial charge in [-0.15, -0.1) is 0 Å². The van der Waals surface area contributed by atoms with Crippen LogP contribution in [0.2, 0.25) is 0 Å². The van der Waals surface area contributed by atoms with E-state index in [2.05, 4.69) is 13.0 Å². The van der Waals surface area contributed by atoms with E-state index in [0.717, 1.165) is 18.4 Å². The maximum Gasteiger partial charge on any atom is 0.309 e. The van der Waals surface area contributed by atoms with E-state index in [1.54, 1.807) is 19.1 Å². The van der Waals surface area contributed by atoms with Gasteiger partial charge in [0.2, 0.25) is 0 Å². The molecular formula is C30H48O8. The Hall–Kier alpha value is -2.00. The molecule has 0 aromatic carbocycles. The van der Waals surface area contributed by atoms with Crippen molar-refractivity contribution >= 4 is 11.9 Å². The van der Waals surface area contributed by atoms with Crippen molar-refractivity contribution in [2.45, 2.75) is 123 Å². The van der Waals surface area contributed by atoms with E-state index >= 15 is 0 Å². The van der Waals surface area contributed by atoms with Gasteiger partial charge in [-0.1, -0.05) is 52.0 Å². The monoisotopic (exact) mass is 536 g/mol. The first kappa shape index (κ1) is 32.2. The molecule has 1 fully saturated rings. The van der Waals surface area contributed by atoms with Gasteiger partial charge in [0.1, 0.15) is 17.8 Å². The smallest absolute Gasteiger partial charge is 0.309 e. The number of hydrogen-bond acceptors (Lipinski definition) is 8. The lowest BCUT2D eigenvalue weighted by Crippen LogP contribution is -2.42. The fraction of sp³-hybridized carbons (Fsp3) is 0.733. The predicted molar refractivity (Wildman–Crippen MR) is 145 cm³/mol. The van der Waals surface area contributed by atoms with Crippen molar-refractivity contribution in [3.8, 4) is 0 Å². The van der Waals surface area contributed by atoms with Crippen LogP contribution in [0.4, 0.5) is 0 Å². The van der Waals surface area contributed by atoms with Gasteiger partial charge in [-0.3, -0.25) is 9.59 Å². The summed E-state index contributed by atoms with van der Waals surface area (Å²) in [6, 6.07) is 0. The number of rotatable bonds is 9. The first-order chi connectivity index (χ1) is 17.7. The minimum absolute atomic E-state index is 0.105. The Balaban J connectivity index is 2.12. The van der Waals surface area contributed by atoms with Gasteiger partial charge >= 0.3 is 11.9 Å². The zero-order chi connectivity index (χ0) is 28.6. The van der Waals surface area contributed by atoms with Crippen LogP contribution in [0.15, 0.2) is 36.0 Å². The van der Waals surface area contributed by atoms with E-state index in [-0.39, 0.29) is 55.3 Å². The van der Waals surface area contributed by atoms with Gasteiger partial charge in [-0.05, 0) is 57.1 Å². The molecule has 0 spiro atoms. The summed E-state index contributed by atoms with van der Waals surface area (Å²) < 4.78 is 16.9. The molecule has 38 heavy (non-hydrogen) atoms. The summed E-state index contributed by atoms with van der Waals surface area (Å²) >= 11 is 0. The van der Waals surface area contributed by atoms with Crippen molar-refractivity contribution in [2.75, 3.05) is 0 Å². The molecule has 0 aromatic rings. The SMILES string of the molecule is CC[C@H](O)[C@@H](C)[C@H]1OC1C[C@H](C)/C=C/C=C(\C)[C@H]1OC(=O)C[C@H](O)CC[C@@](C)(O)[C@@H](OC(C)=O)/C=C/[C@@H]1C. The molecule has 8 heteroatoms. The average molecular weight is 537 g/mol. The second kappa shape index (κ2) is 14.4. The van der Waals surface area contributed by atoms with Crippen LogP contribution in [0.3, 0.4) is 0 Å². The molecule has 216 valence electrons. The molecule has 0 amide bonds. The average Bonchev–Trinajstić information content (AvgIpc) is 3.60. The first-order valence-electron chi connectivity index (χ1n) is 13.9. The standard InChI is InChI=1S/C30H48O8/c1-8-24(33)21(5)29-25(37-29)16-18(2)10-9-11-19(3)28-20(4)12-13-26(36-22(6)31)30(7,35)15-14-23(32)17-27(34)38-28/h9-13,18,20-21,23-26,28-29,32-33,35H,8,14-17H2,1-7H3/b10-9+,13-12+,19-11+/t18-,20+,21-,23-,24+,25?,26+,28-,29-,30-/m1/s1. The molecular weight excluding hydrogens is 488 g/mol. The van der Waals surface area contributed by atoms with Crippen molar-refractivity contribution in [1.82, 2.24) is 0 Å². The summed E-state index contributed by atoms with van der Waals surface area (Å²) in [7, 11) is 0. The Morgan fingerprint density at radius 2 is 1.97 bits per heavy atom. The van der Waals surface area contributed by atoms with Crippen LogP contribution in [0, 0.1) is 17.8 Å². The minimum Gasteiger partial charge on any atom is -0.457 e. The van der Waals surface area contributed by atoms with Gasteiger partial charge in [0.15, 0.2) is 0 Å². The number of ether oxygens (including phenoxy) is 3. The van der Waals surface area contributed by atoms with Gasteiger partial charge in [0.05, 0.1) is 30.8 Å². The molecule has 0 aliphatic carbocycles. The third-order valence-electron chi connectivity index (χ3n) is 7.63. The molecule has 1 saturated heterocycles. The number of esters is 2. The highest BCUT2D eigenvalue weighted by Crippen LogP contribution is 2.36. The quantitative estimate of drug-likeness (QED) is 0.175. The van der Waals surface area contributed by atoms with Crippen LogP contribution in [0.25, 0.3) is 0 Å². The topological polar surface area (TPSA) is 126 Å². The van der Waals surface area contributed by atoms with E-state index in [4.69, 9.17) is 14.2 Å². The molecule has 8 nitrogen and oxygen atoms in total. The van der Waals surface area contributed by atoms with Crippen LogP contribution in [0.1, 0.15) is 80.6 Å². The second-order valence-electron chi connectivity index (χ2n) is 11.4. The highest BCUT2D eigenvalue weighted by Gasteiger charge is 2.45. The fourth-order valence-electron chi connectivity index (χ4n) is 4.97. The van der Waals surface area contributed by atoms with E-state index in [0.29, 0.717) is 0 Å². The summed E-state index contributed by atoms with van der Waals surface area (Å²) in [5.74, 6) is -0.921. The van der Waals surface area contributed by atoms with Gasteiger partial charge < -0.3 is 29.5 Å². The molecule has 0 bridgehead atoms. The van der Waals surface area contributed by atoms with Gasteiger partial charge in [0, 0.05) is 18.8 Å². The highest BCUT2D eigenvalue weighted by atomic mass is 16.6. The molecule has 0 radical (unpaired) electrons. The number of cyclic esters (lactones) is 1. The fourth-order valence-corrected chi connectivity index (χ4v) is 4.97. The van der Waals surface area contributed by atoms with E-state index in [9.17, 15) is 24.9 Å². The molecule has 3 N–H and O–H groups in total. The number of aliphatic hydroxyl groups is 3. The third kappa shape index (κ3) is 9.95. The third-order valence-corrected chi connectivity index (χ3v) is 7.63. The molecule has 1 unspecified atom stereocenters. The van der Waals surface area contributed by atoms with Crippen molar-refractivity contribution in [1.29, 1.82) is 0 Å². The zero-order valence-corrected chi connectivity index (χ0v) is 24.0. The molecule has 2 aliphatic rings. The molecule has 0 aromatic heterocycles. The number of aliphatic hydroxyl groups excluding tert-OH is 2. The second-order valence-corrected chi connectivity index (χ2v) is 11.4. The maximum absolute atomic E-state index is 12.6. The summed E-state index contributed by atoms with van der Waals surface area (Å²) in [6.07, 6.45) is 8.50. The van der Waals surface area contributed by atoms with Crippen LogP contribution in [-0.2, 0) is 23.8 Å². The first-order valence-corrected chi connectivity index (χ1v) is 13.9. The Kier molecular flexibility index (Phi) is 12.2. The summed E-state index contributed by atoms with van der Waals surface area (Å²) in [6.45, 7) is 12.7. The summed E-state index contributed by atoms with van der Waals surface area (Å²) in [5, 5.41) is 31.3. The zero-order valence-electron chi connectivity index (χ0n) is 24.0. The number of epoxide rings is 1. The van der Waals surface area contributed by atoms with Gasteiger partial charge in [-0.2, -0.15) is 0 Å². The largest absolute Gasteiger partial charge is 0.457 e. The summed E-state index contributed by atoms with van der Waals surface area (Å²) in [4.78, 5) is 24.2. The van der Waals surface area contributed by atoms with Crippen LogP contribution >= 0.6 is 0 Å². The Morgan fingerprint density at radius 1 is 1.29 bits per heavy atom. The Morgan fingerprint density at radius 3 is 2.61 bits per heavy atom. The normalized spacial score (nSPS) is 36.4. The van der Waals surface area contributed by atoms with Crippen molar-refractivity contribution in [2.24, 2.45) is 17.8 Å². The molecule has 0 saturated carbocycles. The number of carbonyl (C=O) groups excluding carboxylic acids is 2. The van der Waals surface area contributed by atoms with Crippen molar-refractivity contribution in [3.63, 3.8) is 0 Å².